The zero-order valence-corrected chi connectivity index (χ0v) is 24.0. The summed E-state index contributed by atoms with van der Waals surface area (Å²) in [6, 6.07) is 17.8. The molecule has 0 radical (unpaired) electrons. The minimum atomic E-state index is -0.940. The summed E-state index contributed by atoms with van der Waals surface area (Å²) in [6.45, 7) is 1.74. The van der Waals surface area contributed by atoms with E-state index in [4.69, 9.17) is 0 Å². The van der Waals surface area contributed by atoms with Crippen LogP contribution in [0.15, 0.2) is 87.3 Å². The van der Waals surface area contributed by atoms with Crippen LogP contribution in [0.4, 0.5) is 9.52 Å². The molecule has 3 aromatic heterocycles. The summed E-state index contributed by atoms with van der Waals surface area (Å²) in [5, 5.41) is 20.3. The van der Waals surface area contributed by atoms with Gasteiger partial charge in [-0.2, -0.15) is 0 Å². The number of aromatic nitrogens is 4. The van der Waals surface area contributed by atoms with Crippen molar-refractivity contribution >= 4 is 67.3 Å². The molecule has 40 heavy (non-hydrogen) atoms. The number of carbonyl (C=O) groups excluding carboxylic acids is 2. The third-order valence-corrected chi connectivity index (χ3v) is 9.09. The molecule has 2 aromatic carbocycles. The van der Waals surface area contributed by atoms with Crippen LogP contribution in [0.2, 0.25) is 0 Å². The van der Waals surface area contributed by atoms with E-state index in [0.717, 1.165) is 10.0 Å². The van der Waals surface area contributed by atoms with Gasteiger partial charge in [0.2, 0.25) is 5.13 Å². The number of nitrogens with zero attached hydrogens (tertiary/aromatic N) is 5. The van der Waals surface area contributed by atoms with Crippen molar-refractivity contribution in [2.24, 2.45) is 0 Å². The number of aliphatic hydroxyl groups excluding tert-OH is 1. The molecule has 1 fully saturated rings. The monoisotopic (exact) mass is 635 g/mol. The number of aryl methyl sites for hydroxylation is 1. The van der Waals surface area contributed by atoms with E-state index >= 15 is 0 Å². The number of carbonyl (C=O) groups is 2. The molecule has 1 aliphatic rings. The van der Waals surface area contributed by atoms with Crippen molar-refractivity contribution in [1.82, 2.24) is 19.6 Å². The Kier molecular flexibility index (Phi) is 6.99. The van der Waals surface area contributed by atoms with Crippen molar-refractivity contribution in [2.75, 3.05) is 4.90 Å². The second kappa shape index (κ2) is 10.6. The molecule has 1 N–H and O–H groups in total. The smallest absolute Gasteiger partial charge is 0.301 e. The van der Waals surface area contributed by atoms with Gasteiger partial charge in [-0.05, 0) is 54.4 Å². The Morgan fingerprint density at radius 2 is 1.82 bits per heavy atom. The lowest BCUT2D eigenvalue weighted by Crippen LogP contribution is -2.29. The molecule has 0 saturated carbocycles. The first-order valence-electron chi connectivity index (χ1n) is 12.0. The van der Waals surface area contributed by atoms with Gasteiger partial charge in [-0.1, -0.05) is 69.4 Å². The Labute approximate surface area is 244 Å². The summed E-state index contributed by atoms with van der Waals surface area (Å²) in [5.41, 5.74) is 2.91. The van der Waals surface area contributed by atoms with E-state index in [1.54, 1.807) is 66.1 Å². The first-order valence-corrected chi connectivity index (χ1v) is 14.6. The van der Waals surface area contributed by atoms with Crippen molar-refractivity contribution in [3.05, 3.63) is 111 Å². The fourth-order valence-electron chi connectivity index (χ4n) is 4.60. The van der Waals surface area contributed by atoms with Gasteiger partial charge < -0.3 is 5.11 Å². The zero-order valence-electron chi connectivity index (χ0n) is 20.8. The maximum absolute atomic E-state index is 13.5. The molecular formula is C28H19BrFN5O3S2. The number of Topliss-reactive ketones (excluding diaryl/α,β-unsaturated/α-hetero) is 1. The number of ketones is 1. The number of aliphatic hydroxyl groups is 1. The summed E-state index contributed by atoms with van der Waals surface area (Å²) in [4.78, 5) is 32.8. The number of amides is 1. The number of halogens is 2. The lowest BCUT2D eigenvalue weighted by atomic mass is 9.96. The number of fused-ring (bicyclic) bond motifs is 1. The molecule has 5 aromatic rings. The minimum Gasteiger partial charge on any atom is -0.505 e. The topological polar surface area (TPSA) is 101 Å². The largest absolute Gasteiger partial charge is 0.505 e. The van der Waals surface area contributed by atoms with Crippen LogP contribution in [0, 0.1) is 12.7 Å². The third kappa shape index (κ3) is 4.72. The van der Waals surface area contributed by atoms with E-state index in [1.165, 1.54) is 40.1 Å². The number of thioether (sulfide) groups is 1. The number of anilines is 1. The molecule has 1 saturated heterocycles. The molecule has 0 aliphatic carbocycles. The van der Waals surface area contributed by atoms with Crippen molar-refractivity contribution in [2.45, 2.75) is 23.1 Å². The van der Waals surface area contributed by atoms with Crippen LogP contribution in [0.3, 0.4) is 0 Å². The Hall–Kier alpha value is -3.87. The Bertz CT molecular complexity index is 1800. The van der Waals surface area contributed by atoms with Gasteiger partial charge in [-0.25, -0.2) is 9.37 Å². The van der Waals surface area contributed by atoms with Gasteiger partial charge in [0.15, 0.2) is 10.1 Å². The van der Waals surface area contributed by atoms with E-state index in [-0.39, 0.29) is 22.3 Å². The first-order chi connectivity index (χ1) is 19.3. The van der Waals surface area contributed by atoms with Crippen LogP contribution in [0.1, 0.15) is 28.6 Å². The number of imidazole rings is 1. The molecule has 1 aliphatic heterocycles. The molecule has 6 rings (SSSR count). The molecule has 4 heterocycles. The Morgan fingerprint density at radius 3 is 2.58 bits per heavy atom. The number of benzene rings is 2. The predicted octanol–water partition coefficient (Wildman–Crippen LogP) is 6.31. The number of pyridine rings is 1. The lowest BCUT2D eigenvalue weighted by Gasteiger charge is -2.22. The minimum absolute atomic E-state index is 0.0585. The van der Waals surface area contributed by atoms with Crippen LogP contribution >= 0.6 is 39.0 Å². The van der Waals surface area contributed by atoms with Crippen LogP contribution in [0.5, 0.6) is 0 Å². The molecule has 0 spiro atoms. The summed E-state index contributed by atoms with van der Waals surface area (Å²) < 4.78 is 16.3. The average Bonchev–Trinajstić information content (AvgIpc) is 3.62. The van der Waals surface area contributed by atoms with E-state index in [1.807, 2.05) is 6.07 Å². The lowest BCUT2D eigenvalue weighted by molar-refractivity contribution is -0.132. The first kappa shape index (κ1) is 26.4. The highest BCUT2D eigenvalue weighted by molar-refractivity contribution is 9.10. The molecule has 8 nitrogen and oxygen atoms in total. The zero-order chi connectivity index (χ0) is 28.0. The summed E-state index contributed by atoms with van der Waals surface area (Å²) in [7, 11) is 0. The molecule has 200 valence electrons. The maximum atomic E-state index is 13.5. The van der Waals surface area contributed by atoms with E-state index in [0.29, 0.717) is 32.7 Å². The number of hydrogen-bond acceptors (Lipinski definition) is 8. The van der Waals surface area contributed by atoms with E-state index < -0.39 is 17.7 Å². The summed E-state index contributed by atoms with van der Waals surface area (Å²) in [6.07, 6.45) is 1.74. The summed E-state index contributed by atoms with van der Waals surface area (Å²) in [5.74, 6) is -1.74. The van der Waals surface area contributed by atoms with Crippen molar-refractivity contribution < 1.29 is 19.1 Å². The molecule has 1 amide bonds. The van der Waals surface area contributed by atoms with Gasteiger partial charge in [0.1, 0.15) is 17.2 Å². The predicted molar refractivity (Wildman–Crippen MR) is 155 cm³/mol. The highest BCUT2D eigenvalue weighted by Gasteiger charge is 2.48. The summed E-state index contributed by atoms with van der Waals surface area (Å²) >= 11 is 5.98. The maximum Gasteiger partial charge on any atom is 0.301 e. The quantitative estimate of drug-likeness (QED) is 0.0766. The van der Waals surface area contributed by atoms with Gasteiger partial charge in [0.05, 0.1) is 17.3 Å². The van der Waals surface area contributed by atoms with Crippen LogP contribution in [-0.4, -0.2) is 36.4 Å². The molecule has 1 unspecified atom stereocenters. The second-order valence-electron chi connectivity index (χ2n) is 8.96. The Balaban J connectivity index is 1.43. The highest BCUT2D eigenvalue weighted by atomic mass is 79.9. The van der Waals surface area contributed by atoms with E-state index in [9.17, 15) is 19.1 Å². The normalized spacial score (nSPS) is 16.8. The third-order valence-electron chi connectivity index (χ3n) is 6.44. The van der Waals surface area contributed by atoms with Crippen LogP contribution < -0.4 is 4.90 Å². The second-order valence-corrected chi connectivity index (χ2v) is 12.1. The molecular weight excluding hydrogens is 617 g/mol. The molecule has 1 atom stereocenters. The standard InChI is InChI=1S/C28H19BrFN5O3S2/c1-15-22(34-13-3-2-4-20(34)31-15)24(36)21-23(17-7-9-18(29)10-8-17)35(26(38)25(21)37)27-32-33-28(40-27)39-14-16-5-11-19(30)12-6-16/h2-13,23,36H,14H2,1H3/b24-21+. The number of hydrogen-bond donors (Lipinski definition) is 1. The van der Waals surface area contributed by atoms with Gasteiger partial charge in [-0.15, -0.1) is 10.2 Å². The van der Waals surface area contributed by atoms with E-state index in [2.05, 4.69) is 31.1 Å². The van der Waals surface area contributed by atoms with Crippen molar-refractivity contribution in [3.8, 4) is 0 Å². The van der Waals surface area contributed by atoms with Crippen LogP contribution in [-0.2, 0) is 15.3 Å². The Morgan fingerprint density at radius 1 is 1.07 bits per heavy atom. The fraction of sp³-hybridized carbons (Fsp3) is 0.107. The van der Waals surface area contributed by atoms with Crippen molar-refractivity contribution in [3.63, 3.8) is 0 Å². The molecule has 12 heteroatoms. The average molecular weight is 637 g/mol. The van der Waals surface area contributed by atoms with Gasteiger partial charge >= 0.3 is 5.91 Å². The molecule has 0 bridgehead atoms. The van der Waals surface area contributed by atoms with Gasteiger partial charge in [-0.3, -0.25) is 18.9 Å². The number of rotatable bonds is 6. The SMILES string of the molecule is Cc1nc2ccccn2c1/C(O)=C1\C(=O)C(=O)N(c2nnc(SCc3ccc(F)cc3)s2)C1c1ccc(Br)cc1. The highest BCUT2D eigenvalue weighted by Crippen LogP contribution is 2.44. The van der Waals surface area contributed by atoms with Gasteiger partial charge in [0, 0.05) is 16.4 Å². The fourth-order valence-corrected chi connectivity index (χ4v) is 6.69. The van der Waals surface area contributed by atoms with Crippen LogP contribution in [0.25, 0.3) is 11.4 Å². The van der Waals surface area contributed by atoms with Crippen molar-refractivity contribution in [1.29, 1.82) is 0 Å². The van der Waals surface area contributed by atoms with Gasteiger partial charge in [0.25, 0.3) is 5.78 Å².